The first-order chi connectivity index (χ1) is 8.86. The van der Waals surface area contributed by atoms with Gasteiger partial charge in [0, 0.05) is 0 Å². The first-order valence-electron chi connectivity index (χ1n) is 4.96. The van der Waals surface area contributed by atoms with E-state index >= 15 is 0 Å². The number of aromatic nitrogens is 1. The van der Waals surface area contributed by atoms with E-state index in [4.69, 9.17) is 4.42 Å². The van der Waals surface area contributed by atoms with Gasteiger partial charge in [-0.05, 0) is 40.2 Å². The second-order valence-electron chi connectivity index (χ2n) is 3.49. The van der Waals surface area contributed by atoms with Crippen LogP contribution in [0.15, 0.2) is 39.5 Å². The number of carbonyl (C=O) groups excluding carboxylic acids is 1. The number of furan rings is 1. The van der Waals surface area contributed by atoms with Crippen LogP contribution in [-0.4, -0.2) is 10.9 Å². The van der Waals surface area contributed by atoms with Crippen LogP contribution in [0.2, 0.25) is 0 Å². The Kier molecular flexibility index (Phi) is 3.61. The van der Waals surface area contributed by atoms with Crippen LogP contribution in [0.1, 0.15) is 16.2 Å². The van der Waals surface area contributed by atoms with Crippen LogP contribution in [0, 0.1) is 0 Å². The Morgan fingerprint density at radius 1 is 1.26 bits per heavy atom. The summed E-state index contributed by atoms with van der Waals surface area (Å²) in [5, 5.41) is 2.37. The zero-order valence-electron chi connectivity index (χ0n) is 9.16. The maximum atomic E-state index is 12.3. The molecule has 2 aromatic rings. The number of carbonyl (C=O) groups is 1. The number of pyridine rings is 1. The Hall–Kier alpha value is -1.83. The van der Waals surface area contributed by atoms with Crippen molar-refractivity contribution in [1.82, 2.24) is 4.98 Å². The van der Waals surface area contributed by atoms with E-state index in [9.17, 15) is 18.0 Å². The highest BCUT2D eigenvalue weighted by molar-refractivity contribution is 9.10. The van der Waals surface area contributed by atoms with Crippen LogP contribution < -0.4 is 5.32 Å². The summed E-state index contributed by atoms with van der Waals surface area (Å²) in [4.78, 5) is 14.9. The van der Waals surface area contributed by atoms with Crippen LogP contribution >= 0.6 is 15.9 Å². The number of rotatable bonds is 2. The molecule has 0 aromatic carbocycles. The van der Waals surface area contributed by atoms with Gasteiger partial charge in [0.1, 0.15) is 5.69 Å². The minimum absolute atomic E-state index is 0.0340. The quantitative estimate of drug-likeness (QED) is 0.910. The fraction of sp³-hybridized carbons (Fsp3) is 0.0909. The molecule has 1 amide bonds. The Labute approximate surface area is 113 Å². The molecule has 0 radical (unpaired) electrons. The van der Waals surface area contributed by atoms with Gasteiger partial charge in [-0.2, -0.15) is 13.2 Å². The molecule has 0 spiro atoms. The zero-order valence-corrected chi connectivity index (χ0v) is 10.7. The number of hydrogen-bond acceptors (Lipinski definition) is 3. The van der Waals surface area contributed by atoms with Gasteiger partial charge in [-0.1, -0.05) is 0 Å². The molecule has 0 saturated heterocycles. The monoisotopic (exact) mass is 334 g/mol. The van der Waals surface area contributed by atoms with Gasteiger partial charge in [0.2, 0.25) is 0 Å². The number of halogens is 4. The molecule has 4 nitrogen and oxygen atoms in total. The summed E-state index contributed by atoms with van der Waals surface area (Å²) in [6.07, 6.45) is -3.58. The third-order valence-corrected chi connectivity index (χ3v) is 2.53. The lowest BCUT2D eigenvalue weighted by Gasteiger charge is -2.06. The number of nitrogens with one attached hydrogen (secondary N) is 1. The predicted octanol–water partition coefficient (Wildman–Crippen LogP) is 3.71. The lowest BCUT2D eigenvalue weighted by Crippen LogP contribution is -2.12. The summed E-state index contributed by atoms with van der Waals surface area (Å²) < 4.78 is 42.2. The van der Waals surface area contributed by atoms with Crippen LogP contribution in [0.4, 0.5) is 18.9 Å². The molecule has 0 aliphatic carbocycles. The van der Waals surface area contributed by atoms with Crippen molar-refractivity contribution in [3.63, 3.8) is 0 Å². The minimum atomic E-state index is -4.51. The molecule has 100 valence electrons. The number of anilines is 1. The molecule has 2 aromatic heterocycles. The molecule has 1 N–H and O–H groups in total. The van der Waals surface area contributed by atoms with Crippen molar-refractivity contribution in [2.24, 2.45) is 0 Å². The van der Waals surface area contributed by atoms with Gasteiger partial charge in [-0.25, -0.2) is 4.98 Å². The lowest BCUT2D eigenvalue weighted by atomic mass is 10.3. The van der Waals surface area contributed by atoms with E-state index in [-0.39, 0.29) is 11.4 Å². The number of alkyl halides is 3. The Bertz CT molecular complexity index is 593. The molecule has 19 heavy (non-hydrogen) atoms. The van der Waals surface area contributed by atoms with Gasteiger partial charge in [0.05, 0.1) is 11.9 Å². The highest BCUT2D eigenvalue weighted by Gasteiger charge is 2.32. The largest absolute Gasteiger partial charge is 0.444 e. The van der Waals surface area contributed by atoms with Gasteiger partial charge < -0.3 is 9.73 Å². The van der Waals surface area contributed by atoms with Crippen molar-refractivity contribution in [2.45, 2.75) is 6.18 Å². The molecule has 0 saturated carbocycles. The predicted molar refractivity (Wildman–Crippen MR) is 63.6 cm³/mol. The molecule has 2 heterocycles. The fourth-order valence-corrected chi connectivity index (χ4v) is 1.57. The molecule has 8 heteroatoms. The third kappa shape index (κ3) is 3.34. The highest BCUT2D eigenvalue weighted by atomic mass is 79.9. The SMILES string of the molecule is O=C(Nc1ccc(C(F)(F)F)nc1)c1ccc(Br)o1. The topological polar surface area (TPSA) is 55.1 Å². The van der Waals surface area contributed by atoms with Crippen LogP contribution in [0.3, 0.4) is 0 Å². The van der Waals surface area contributed by atoms with Crippen LogP contribution in [0.5, 0.6) is 0 Å². The van der Waals surface area contributed by atoms with Crippen molar-refractivity contribution in [3.05, 3.63) is 46.6 Å². The van der Waals surface area contributed by atoms with Gasteiger partial charge in [-0.15, -0.1) is 0 Å². The number of nitrogens with zero attached hydrogens (tertiary/aromatic N) is 1. The van der Waals surface area contributed by atoms with Gasteiger partial charge in [-0.3, -0.25) is 4.79 Å². The van der Waals surface area contributed by atoms with Crippen molar-refractivity contribution in [3.8, 4) is 0 Å². The molecule has 0 atom stereocenters. The van der Waals surface area contributed by atoms with Gasteiger partial charge in [0.15, 0.2) is 10.4 Å². The highest BCUT2D eigenvalue weighted by Crippen LogP contribution is 2.27. The minimum Gasteiger partial charge on any atom is -0.444 e. The van der Waals surface area contributed by atoms with Crippen molar-refractivity contribution < 1.29 is 22.4 Å². The fourth-order valence-electron chi connectivity index (χ4n) is 1.26. The van der Waals surface area contributed by atoms with E-state index in [2.05, 4.69) is 26.2 Å². The van der Waals surface area contributed by atoms with Crippen molar-refractivity contribution >= 4 is 27.5 Å². The normalized spacial score (nSPS) is 11.4. The van der Waals surface area contributed by atoms with Gasteiger partial charge in [0.25, 0.3) is 5.91 Å². The average molecular weight is 335 g/mol. The number of hydrogen-bond donors (Lipinski definition) is 1. The molecule has 0 aliphatic rings. The molecule has 0 unspecified atom stereocenters. The summed E-state index contributed by atoms with van der Waals surface area (Å²) in [6, 6.07) is 4.86. The van der Waals surface area contributed by atoms with E-state index in [1.54, 1.807) is 0 Å². The second kappa shape index (κ2) is 5.04. The molecule has 0 bridgehead atoms. The van der Waals surface area contributed by atoms with E-state index in [0.717, 1.165) is 18.3 Å². The summed E-state index contributed by atoms with van der Waals surface area (Å²) in [5.41, 5.74) is -0.878. The molecular formula is C11H6BrF3N2O2. The van der Waals surface area contributed by atoms with Crippen LogP contribution in [0.25, 0.3) is 0 Å². The molecular weight excluding hydrogens is 329 g/mol. The van der Waals surface area contributed by atoms with E-state index in [1.165, 1.54) is 12.1 Å². The molecule has 2 rings (SSSR count). The number of amides is 1. The molecule has 0 aliphatic heterocycles. The Balaban J connectivity index is 2.10. The van der Waals surface area contributed by atoms with Gasteiger partial charge >= 0.3 is 6.18 Å². The van der Waals surface area contributed by atoms with Crippen LogP contribution in [-0.2, 0) is 6.18 Å². The van der Waals surface area contributed by atoms with E-state index in [1.807, 2.05) is 0 Å². The average Bonchev–Trinajstić information content (AvgIpc) is 2.75. The first kappa shape index (κ1) is 13.6. The van der Waals surface area contributed by atoms with E-state index in [0.29, 0.717) is 4.67 Å². The maximum absolute atomic E-state index is 12.3. The Morgan fingerprint density at radius 3 is 2.47 bits per heavy atom. The first-order valence-corrected chi connectivity index (χ1v) is 5.75. The third-order valence-electron chi connectivity index (χ3n) is 2.11. The summed E-state index contributed by atoms with van der Waals surface area (Å²) >= 11 is 3.03. The van der Waals surface area contributed by atoms with E-state index < -0.39 is 17.8 Å². The zero-order chi connectivity index (χ0) is 14.0. The summed E-state index contributed by atoms with van der Waals surface area (Å²) in [7, 11) is 0. The smallest absolute Gasteiger partial charge is 0.433 e. The Morgan fingerprint density at radius 2 is 2.00 bits per heavy atom. The van der Waals surface area contributed by atoms with Crippen molar-refractivity contribution in [2.75, 3.05) is 5.32 Å². The standard InChI is InChI=1S/C11H6BrF3N2O2/c12-9-4-2-7(19-9)10(18)17-6-1-3-8(16-5-6)11(13,14)15/h1-5H,(H,17,18). The molecule has 0 fully saturated rings. The maximum Gasteiger partial charge on any atom is 0.433 e. The summed E-state index contributed by atoms with van der Waals surface area (Å²) in [5.74, 6) is -0.543. The lowest BCUT2D eigenvalue weighted by molar-refractivity contribution is -0.141. The summed E-state index contributed by atoms with van der Waals surface area (Å²) in [6.45, 7) is 0. The van der Waals surface area contributed by atoms with Crippen molar-refractivity contribution in [1.29, 1.82) is 0 Å². The second-order valence-corrected chi connectivity index (χ2v) is 4.27.